The predicted molar refractivity (Wildman–Crippen MR) is 86.3 cm³/mol. The minimum Gasteiger partial charge on any atom is -0.494 e. The van der Waals surface area contributed by atoms with Crippen molar-refractivity contribution in [2.24, 2.45) is 7.05 Å². The number of carbonyl (C=O) groups is 1. The number of carbonyl (C=O) groups excluding carboxylic acids is 1. The Hall–Kier alpha value is -2.41. The lowest BCUT2D eigenvalue weighted by molar-refractivity contribution is -0.116. The van der Waals surface area contributed by atoms with Crippen LogP contribution in [-0.2, 0) is 18.3 Å². The second-order valence-corrected chi connectivity index (χ2v) is 5.93. The molecular formula is C15H16N4O2S. The van der Waals surface area contributed by atoms with Gasteiger partial charge in [-0.3, -0.25) is 9.48 Å². The fraction of sp³-hybridized carbons (Fsp3) is 0.267. The molecule has 1 N–H and O–H groups in total. The van der Waals surface area contributed by atoms with Crippen LogP contribution < -0.4 is 10.1 Å². The fourth-order valence-electron chi connectivity index (χ4n) is 2.18. The van der Waals surface area contributed by atoms with Crippen LogP contribution in [0.15, 0.2) is 30.6 Å². The molecule has 0 saturated heterocycles. The molecule has 1 aromatic carbocycles. The van der Waals surface area contributed by atoms with E-state index >= 15 is 0 Å². The Morgan fingerprint density at radius 3 is 3.05 bits per heavy atom. The molecule has 0 atom stereocenters. The Morgan fingerprint density at radius 1 is 1.45 bits per heavy atom. The third-order valence-electron chi connectivity index (χ3n) is 3.25. The number of aromatic nitrogens is 3. The standard InChI is InChI=1S/C15H16N4O2S/c1-19-9-10(8-16-19)6-7-13(20)17-15-18-14-11(21-2)4-3-5-12(14)22-15/h3-5,8-9H,6-7H2,1-2H3,(H,17,18,20). The quantitative estimate of drug-likeness (QED) is 0.785. The lowest BCUT2D eigenvalue weighted by atomic mass is 10.2. The summed E-state index contributed by atoms with van der Waals surface area (Å²) in [6.07, 6.45) is 4.75. The Labute approximate surface area is 131 Å². The zero-order valence-electron chi connectivity index (χ0n) is 12.4. The summed E-state index contributed by atoms with van der Waals surface area (Å²) in [6, 6.07) is 5.73. The van der Waals surface area contributed by atoms with E-state index in [4.69, 9.17) is 4.74 Å². The van der Waals surface area contributed by atoms with E-state index in [1.807, 2.05) is 31.4 Å². The summed E-state index contributed by atoms with van der Waals surface area (Å²) in [5.41, 5.74) is 1.82. The highest BCUT2D eigenvalue weighted by Gasteiger charge is 2.11. The molecule has 2 aromatic heterocycles. The number of amides is 1. The summed E-state index contributed by atoms with van der Waals surface area (Å²) in [5, 5.41) is 7.53. The molecule has 114 valence electrons. The van der Waals surface area contributed by atoms with Crippen LogP contribution in [0.4, 0.5) is 5.13 Å². The summed E-state index contributed by atoms with van der Waals surface area (Å²) in [4.78, 5) is 16.4. The van der Waals surface area contributed by atoms with Crippen LogP contribution >= 0.6 is 11.3 Å². The van der Waals surface area contributed by atoms with Gasteiger partial charge in [0.1, 0.15) is 11.3 Å². The molecule has 0 unspecified atom stereocenters. The van der Waals surface area contributed by atoms with Crippen molar-refractivity contribution in [3.63, 3.8) is 0 Å². The van der Waals surface area contributed by atoms with Gasteiger partial charge in [-0.05, 0) is 24.1 Å². The van der Waals surface area contributed by atoms with Crippen LogP contribution in [-0.4, -0.2) is 27.8 Å². The van der Waals surface area contributed by atoms with E-state index in [0.29, 0.717) is 23.7 Å². The van der Waals surface area contributed by atoms with E-state index in [9.17, 15) is 4.79 Å². The lowest BCUT2D eigenvalue weighted by Gasteiger charge is -2.00. The molecule has 0 bridgehead atoms. The number of ether oxygens (including phenoxy) is 1. The minimum atomic E-state index is -0.0538. The van der Waals surface area contributed by atoms with Gasteiger partial charge in [-0.15, -0.1) is 0 Å². The first-order valence-corrected chi connectivity index (χ1v) is 7.68. The van der Waals surface area contributed by atoms with Gasteiger partial charge in [0, 0.05) is 19.7 Å². The van der Waals surface area contributed by atoms with Gasteiger partial charge < -0.3 is 10.1 Å². The maximum absolute atomic E-state index is 12.0. The van der Waals surface area contributed by atoms with Crippen LogP contribution in [0, 0.1) is 0 Å². The van der Waals surface area contributed by atoms with Gasteiger partial charge in [0.05, 0.1) is 18.0 Å². The molecule has 2 heterocycles. The van der Waals surface area contributed by atoms with Crippen molar-refractivity contribution in [2.45, 2.75) is 12.8 Å². The molecule has 0 radical (unpaired) electrons. The van der Waals surface area contributed by atoms with Crippen molar-refractivity contribution in [1.29, 1.82) is 0 Å². The monoisotopic (exact) mass is 316 g/mol. The molecule has 22 heavy (non-hydrogen) atoms. The van der Waals surface area contributed by atoms with E-state index in [1.54, 1.807) is 18.0 Å². The van der Waals surface area contributed by atoms with Crippen molar-refractivity contribution >= 4 is 32.6 Å². The van der Waals surface area contributed by atoms with Gasteiger partial charge in [-0.1, -0.05) is 17.4 Å². The molecule has 6 nitrogen and oxygen atoms in total. The number of aryl methyl sites for hydroxylation is 2. The summed E-state index contributed by atoms with van der Waals surface area (Å²) >= 11 is 1.44. The highest BCUT2D eigenvalue weighted by Crippen LogP contribution is 2.32. The van der Waals surface area contributed by atoms with Crippen LogP contribution in [0.5, 0.6) is 5.75 Å². The molecule has 7 heteroatoms. The number of thiazole rings is 1. The first-order chi connectivity index (χ1) is 10.7. The minimum absolute atomic E-state index is 0.0538. The molecule has 3 rings (SSSR count). The molecular weight excluding hydrogens is 300 g/mol. The molecule has 0 aliphatic carbocycles. The van der Waals surface area contributed by atoms with Crippen molar-refractivity contribution in [1.82, 2.24) is 14.8 Å². The second-order valence-electron chi connectivity index (χ2n) is 4.90. The molecule has 3 aromatic rings. The Kier molecular flexibility index (Phi) is 4.06. The molecule has 0 saturated carbocycles. The number of nitrogens with zero attached hydrogens (tertiary/aromatic N) is 3. The van der Waals surface area contributed by atoms with Gasteiger partial charge in [-0.2, -0.15) is 5.10 Å². The average Bonchev–Trinajstić information content (AvgIpc) is 3.10. The van der Waals surface area contributed by atoms with Gasteiger partial charge >= 0.3 is 0 Å². The van der Waals surface area contributed by atoms with E-state index in [2.05, 4.69) is 15.4 Å². The van der Waals surface area contributed by atoms with Crippen LogP contribution in [0.25, 0.3) is 10.2 Å². The Morgan fingerprint density at radius 2 is 2.32 bits per heavy atom. The largest absolute Gasteiger partial charge is 0.494 e. The third kappa shape index (κ3) is 3.09. The zero-order chi connectivity index (χ0) is 15.5. The van der Waals surface area contributed by atoms with Gasteiger partial charge in [0.15, 0.2) is 5.13 Å². The van der Waals surface area contributed by atoms with Crippen LogP contribution in [0.1, 0.15) is 12.0 Å². The first kappa shape index (κ1) is 14.5. The Bertz CT molecular complexity index is 809. The SMILES string of the molecule is COc1cccc2sc(NC(=O)CCc3cnn(C)c3)nc12. The number of hydrogen-bond donors (Lipinski definition) is 1. The number of benzene rings is 1. The summed E-state index contributed by atoms with van der Waals surface area (Å²) in [6.45, 7) is 0. The normalized spacial score (nSPS) is 10.8. The van der Waals surface area contributed by atoms with E-state index in [1.165, 1.54) is 11.3 Å². The molecule has 0 aliphatic heterocycles. The van der Waals surface area contributed by atoms with Crippen molar-refractivity contribution in [3.05, 3.63) is 36.2 Å². The fourth-order valence-corrected chi connectivity index (χ4v) is 3.08. The smallest absolute Gasteiger partial charge is 0.226 e. The maximum Gasteiger partial charge on any atom is 0.226 e. The van der Waals surface area contributed by atoms with E-state index in [0.717, 1.165) is 15.8 Å². The highest BCUT2D eigenvalue weighted by atomic mass is 32.1. The summed E-state index contributed by atoms with van der Waals surface area (Å²) in [5.74, 6) is 0.659. The van der Waals surface area contributed by atoms with Gasteiger partial charge in [0.25, 0.3) is 0 Å². The molecule has 0 spiro atoms. The van der Waals surface area contributed by atoms with Gasteiger partial charge in [0.2, 0.25) is 5.91 Å². The van der Waals surface area contributed by atoms with Crippen molar-refractivity contribution in [3.8, 4) is 5.75 Å². The molecule has 0 aliphatic rings. The number of para-hydroxylation sites is 1. The lowest BCUT2D eigenvalue weighted by Crippen LogP contribution is -2.11. The number of hydrogen-bond acceptors (Lipinski definition) is 5. The molecule has 0 fully saturated rings. The Balaban J connectivity index is 1.66. The number of fused-ring (bicyclic) bond motifs is 1. The van der Waals surface area contributed by atoms with Gasteiger partial charge in [-0.25, -0.2) is 4.98 Å². The zero-order valence-corrected chi connectivity index (χ0v) is 13.2. The second kappa shape index (κ2) is 6.15. The summed E-state index contributed by atoms with van der Waals surface area (Å²) < 4.78 is 7.99. The highest BCUT2D eigenvalue weighted by molar-refractivity contribution is 7.22. The maximum atomic E-state index is 12.0. The van der Waals surface area contributed by atoms with E-state index in [-0.39, 0.29) is 5.91 Å². The number of methoxy groups -OCH3 is 1. The van der Waals surface area contributed by atoms with Crippen molar-refractivity contribution in [2.75, 3.05) is 12.4 Å². The molecule has 1 amide bonds. The van der Waals surface area contributed by atoms with Crippen molar-refractivity contribution < 1.29 is 9.53 Å². The third-order valence-corrected chi connectivity index (χ3v) is 4.18. The number of nitrogens with one attached hydrogen (secondary N) is 1. The first-order valence-electron chi connectivity index (χ1n) is 6.86. The van der Waals surface area contributed by atoms with Crippen LogP contribution in [0.3, 0.4) is 0 Å². The number of anilines is 1. The van der Waals surface area contributed by atoms with Crippen LogP contribution in [0.2, 0.25) is 0 Å². The summed E-state index contributed by atoms with van der Waals surface area (Å²) in [7, 11) is 3.47. The number of rotatable bonds is 5. The average molecular weight is 316 g/mol. The topological polar surface area (TPSA) is 69.0 Å². The van der Waals surface area contributed by atoms with E-state index < -0.39 is 0 Å². The predicted octanol–water partition coefficient (Wildman–Crippen LogP) is 2.61.